The zero-order chi connectivity index (χ0) is 10.4. The predicted molar refractivity (Wildman–Crippen MR) is 52.0 cm³/mol. The van der Waals surface area contributed by atoms with Gasteiger partial charge in [0.2, 0.25) is 0 Å². The Hall–Kier alpha value is -0.653. The highest BCUT2D eigenvalue weighted by atomic mass is 28.3. The van der Waals surface area contributed by atoms with Crippen molar-refractivity contribution in [2.75, 3.05) is 14.2 Å². The third-order valence-corrected chi connectivity index (χ3v) is 4.42. The molecule has 0 spiro atoms. The van der Waals surface area contributed by atoms with E-state index in [0.717, 1.165) is 0 Å². The van der Waals surface area contributed by atoms with Crippen LogP contribution in [0, 0.1) is 0 Å². The number of carbonyl (C=O) groups is 1. The topological polar surface area (TPSA) is 55.8 Å². The van der Waals surface area contributed by atoms with Crippen LogP contribution in [0.4, 0.5) is 0 Å². The van der Waals surface area contributed by atoms with Crippen molar-refractivity contribution in [3.8, 4) is 0 Å². The summed E-state index contributed by atoms with van der Waals surface area (Å²) < 4.78 is 10.2. The summed E-state index contributed by atoms with van der Waals surface area (Å²) in [6.07, 6.45) is 0.684. The molecule has 0 aromatic carbocycles. The van der Waals surface area contributed by atoms with Gasteiger partial charge in [-0.15, -0.1) is 0 Å². The van der Waals surface area contributed by atoms with Crippen molar-refractivity contribution < 1.29 is 18.8 Å². The lowest BCUT2D eigenvalue weighted by Gasteiger charge is -2.21. The molecule has 0 radical (unpaired) electrons. The van der Waals surface area contributed by atoms with Crippen molar-refractivity contribution in [3.05, 3.63) is 12.2 Å². The molecule has 0 bridgehead atoms. The summed E-state index contributed by atoms with van der Waals surface area (Å²) in [6.45, 7) is 5.42. The van der Waals surface area contributed by atoms with Crippen LogP contribution in [0.2, 0.25) is 5.54 Å². The van der Waals surface area contributed by atoms with Gasteiger partial charge in [0.05, 0.1) is 0 Å². The minimum absolute atomic E-state index is 0.160. The molecule has 0 amide bonds. The third kappa shape index (κ3) is 3.29. The van der Waals surface area contributed by atoms with Gasteiger partial charge in [-0.25, -0.2) is 4.79 Å². The molecule has 0 aliphatic heterocycles. The highest BCUT2D eigenvalue weighted by Crippen LogP contribution is 2.24. The molecular weight excluding hydrogens is 188 g/mol. The van der Waals surface area contributed by atoms with Crippen LogP contribution in [0.1, 0.15) is 13.3 Å². The van der Waals surface area contributed by atoms with Crippen molar-refractivity contribution in [2.24, 2.45) is 0 Å². The van der Waals surface area contributed by atoms with Gasteiger partial charge in [0, 0.05) is 25.3 Å². The Kier molecular flexibility index (Phi) is 5.61. The summed E-state index contributed by atoms with van der Waals surface area (Å²) in [4.78, 5) is 10.6. The molecule has 0 rings (SSSR count). The maximum absolute atomic E-state index is 10.6. The molecule has 76 valence electrons. The second-order valence-electron chi connectivity index (χ2n) is 2.68. The van der Waals surface area contributed by atoms with E-state index in [9.17, 15) is 4.79 Å². The smallest absolute Gasteiger partial charge is 0.331 e. The van der Waals surface area contributed by atoms with E-state index in [0.29, 0.717) is 6.42 Å². The average molecular weight is 204 g/mol. The largest absolute Gasteiger partial charge is 0.478 e. The monoisotopic (exact) mass is 204 g/mol. The molecule has 4 nitrogen and oxygen atoms in total. The number of rotatable bonds is 6. The summed E-state index contributed by atoms with van der Waals surface area (Å²) in [5.74, 6) is -0.974. The number of carboxylic acid groups (broad SMARTS) is 1. The molecule has 0 aliphatic carbocycles. The van der Waals surface area contributed by atoms with Gasteiger partial charge in [0.15, 0.2) is 0 Å². The first-order valence-electron chi connectivity index (χ1n) is 4.06. The summed E-state index contributed by atoms with van der Waals surface area (Å²) in [5, 5.41) is 8.74. The molecule has 0 aromatic rings. The molecule has 0 fully saturated rings. The number of hydrogen-bond donors (Lipinski definition) is 1. The summed E-state index contributed by atoms with van der Waals surface area (Å²) >= 11 is 0. The lowest BCUT2D eigenvalue weighted by atomic mass is 10.2. The van der Waals surface area contributed by atoms with Crippen molar-refractivity contribution in [1.82, 2.24) is 0 Å². The van der Waals surface area contributed by atoms with Crippen LogP contribution in [-0.4, -0.2) is 34.6 Å². The zero-order valence-corrected chi connectivity index (χ0v) is 9.40. The SMILES string of the molecule is C=C(C(=O)O)C(CC)[SiH](OC)OC. The van der Waals surface area contributed by atoms with Crippen LogP contribution in [0.5, 0.6) is 0 Å². The zero-order valence-electron chi connectivity index (χ0n) is 8.24. The van der Waals surface area contributed by atoms with Crippen molar-refractivity contribution >= 4 is 15.3 Å². The molecule has 13 heavy (non-hydrogen) atoms. The van der Waals surface area contributed by atoms with Crippen LogP contribution in [0.25, 0.3) is 0 Å². The maximum Gasteiger partial charge on any atom is 0.331 e. The van der Waals surface area contributed by atoms with Crippen LogP contribution >= 0.6 is 0 Å². The lowest BCUT2D eigenvalue weighted by molar-refractivity contribution is -0.132. The molecule has 5 heteroatoms. The van der Waals surface area contributed by atoms with Gasteiger partial charge in [0.1, 0.15) is 0 Å². The van der Waals surface area contributed by atoms with E-state index in [1.165, 1.54) is 14.2 Å². The summed E-state index contributed by atoms with van der Waals surface area (Å²) in [6, 6.07) is 0. The van der Waals surface area contributed by atoms with Crippen LogP contribution in [-0.2, 0) is 13.6 Å². The van der Waals surface area contributed by atoms with Gasteiger partial charge >= 0.3 is 15.3 Å². The minimum atomic E-state index is -1.90. The van der Waals surface area contributed by atoms with Gasteiger partial charge in [-0.05, 0) is 6.42 Å². The van der Waals surface area contributed by atoms with Gasteiger partial charge in [-0.3, -0.25) is 0 Å². The van der Waals surface area contributed by atoms with E-state index in [2.05, 4.69) is 6.58 Å². The van der Waals surface area contributed by atoms with E-state index in [1.54, 1.807) is 0 Å². The standard InChI is InChI=1S/C8H16O4Si/c1-5-7(6(2)8(9)10)13(11-3)12-4/h7,13H,2,5H2,1,3-4H3,(H,9,10). The van der Waals surface area contributed by atoms with E-state index in [1.807, 2.05) is 6.92 Å². The highest BCUT2D eigenvalue weighted by molar-refractivity contribution is 6.48. The van der Waals surface area contributed by atoms with Gasteiger partial charge in [-0.1, -0.05) is 13.5 Å². The molecule has 1 atom stereocenters. The highest BCUT2D eigenvalue weighted by Gasteiger charge is 2.28. The fraction of sp³-hybridized carbons (Fsp3) is 0.625. The van der Waals surface area contributed by atoms with Crippen molar-refractivity contribution in [3.63, 3.8) is 0 Å². The Morgan fingerprint density at radius 2 is 2.00 bits per heavy atom. The van der Waals surface area contributed by atoms with E-state index in [4.69, 9.17) is 14.0 Å². The Labute approximate surface area is 80.0 Å². The number of carboxylic acids is 1. The Balaban J connectivity index is 4.47. The normalized spacial score (nSPS) is 12.9. The molecule has 0 aromatic heterocycles. The average Bonchev–Trinajstić information content (AvgIpc) is 2.12. The minimum Gasteiger partial charge on any atom is -0.478 e. The second-order valence-corrected chi connectivity index (χ2v) is 5.17. The molecule has 1 unspecified atom stereocenters. The fourth-order valence-corrected chi connectivity index (χ4v) is 2.89. The first-order valence-corrected chi connectivity index (χ1v) is 5.67. The summed E-state index contributed by atoms with van der Waals surface area (Å²) in [7, 11) is 1.18. The molecule has 0 aliphatic rings. The molecule has 0 saturated carbocycles. The first-order chi connectivity index (χ1) is 6.08. The Bertz CT molecular complexity index is 189. The predicted octanol–water partition coefficient (Wildman–Crippen LogP) is 0.921. The van der Waals surface area contributed by atoms with Crippen molar-refractivity contribution in [2.45, 2.75) is 18.9 Å². The number of aliphatic carboxylic acids is 1. The molecule has 0 saturated heterocycles. The molecular formula is C8H16O4Si. The molecule has 1 N–H and O–H groups in total. The molecule has 0 heterocycles. The third-order valence-electron chi connectivity index (χ3n) is 1.96. The van der Waals surface area contributed by atoms with Crippen LogP contribution in [0.3, 0.4) is 0 Å². The Morgan fingerprint density at radius 1 is 1.54 bits per heavy atom. The number of hydrogen-bond acceptors (Lipinski definition) is 3. The van der Waals surface area contributed by atoms with Gasteiger partial charge < -0.3 is 14.0 Å². The Morgan fingerprint density at radius 3 is 2.23 bits per heavy atom. The van der Waals surface area contributed by atoms with Gasteiger partial charge in [-0.2, -0.15) is 0 Å². The van der Waals surface area contributed by atoms with E-state index < -0.39 is 15.3 Å². The van der Waals surface area contributed by atoms with E-state index in [-0.39, 0.29) is 11.1 Å². The summed E-state index contributed by atoms with van der Waals surface area (Å²) in [5.41, 5.74) is 0.0235. The van der Waals surface area contributed by atoms with Crippen molar-refractivity contribution in [1.29, 1.82) is 0 Å². The van der Waals surface area contributed by atoms with Crippen LogP contribution in [0.15, 0.2) is 12.2 Å². The first kappa shape index (κ1) is 12.3. The second kappa shape index (κ2) is 5.90. The quantitative estimate of drug-likeness (QED) is 0.516. The fourth-order valence-electron chi connectivity index (χ4n) is 1.19. The van der Waals surface area contributed by atoms with E-state index >= 15 is 0 Å². The lowest BCUT2D eigenvalue weighted by Crippen LogP contribution is -2.29. The van der Waals surface area contributed by atoms with Gasteiger partial charge in [0.25, 0.3) is 0 Å². The van der Waals surface area contributed by atoms with Crippen LogP contribution < -0.4 is 0 Å². The maximum atomic E-state index is 10.6.